The molecule has 1 nitrogen and oxygen atoms in total. The fourth-order valence-electron chi connectivity index (χ4n) is 1.75. The SMILES string of the molecule is Cc1cccc(C(O)c2cc(Br)sc2C)c1. The zero-order valence-corrected chi connectivity index (χ0v) is 11.6. The van der Waals surface area contributed by atoms with E-state index in [1.165, 1.54) is 5.56 Å². The first-order valence-electron chi connectivity index (χ1n) is 5.08. The lowest BCUT2D eigenvalue weighted by Crippen LogP contribution is -1.99. The molecule has 84 valence electrons. The van der Waals surface area contributed by atoms with Gasteiger partial charge in [0.1, 0.15) is 6.10 Å². The lowest BCUT2D eigenvalue weighted by molar-refractivity contribution is 0.220. The van der Waals surface area contributed by atoms with Crippen molar-refractivity contribution in [3.05, 3.63) is 55.7 Å². The molecule has 0 fully saturated rings. The highest BCUT2D eigenvalue weighted by molar-refractivity contribution is 9.11. The van der Waals surface area contributed by atoms with Gasteiger partial charge in [-0.1, -0.05) is 29.8 Å². The summed E-state index contributed by atoms with van der Waals surface area (Å²) < 4.78 is 1.06. The largest absolute Gasteiger partial charge is 0.384 e. The predicted molar refractivity (Wildman–Crippen MR) is 72.0 cm³/mol. The van der Waals surface area contributed by atoms with E-state index in [0.717, 1.165) is 19.8 Å². The highest BCUT2D eigenvalue weighted by Gasteiger charge is 2.15. The molecule has 16 heavy (non-hydrogen) atoms. The van der Waals surface area contributed by atoms with E-state index in [0.29, 0.717) is 0 Å². The van der Waals surface area contributed by atoms with E-state index >= 15 is 0 Å². The Morgan fingerprint density at radius 1 is 1.25 bits per heavy atom. The first-order chi connectivity index (χ1) is 7.58. The highest BCUT2D eigenvalue weighted by Crippen LogP contribution is 2.33. The molecule has 0 aliphatic heterocycles. The van der Waals surface area contributed by atoms with Gasteiger partial charge in [0.25, 0.3) is 0 Å². The number of thiophene rings is 1. The van der Waals surface area contributed by atoms with E-state index in [1.54, 1.807) is 11.3 Å². The Morgan fingerprint density at radius 3 is 2.56 bits per heavy atom. The van der Waals surface area contributed by atoms with Gasteiger partial charge in [-0.2, -0.15) is 0 Å². The molecule has 0 saturated heterocycles. The zero-order chi connectivity index (χ0) is 11.7. The molecule has 2 rings (SSSR count). The van der Waals surface area contributed by atoms with Crippen LogP contribution in [-0.4, -0.2) is 5.11 Å². The van der Waals surface area contributed by atoms with Gasteiger partial charge < -0.3 is 5.11 Å². The van der Waals surface area contributed by atoms with E-state index in [2.05, 4.69) is 15.9 Å². The third-order valence-electron chi connectivity index (χ3n) is 2.58. The first-order valence-corrected chi connectivity index (χ1v) is 6.69. The minimum Gasteiger partial charge on any atom is -0.384 e. The van der Waals surface area contributed by atoms with Gasteiger partial charge in [0.05, 0.1) is 3.79 Å². The summed E-state index contributed by atoms with van der Waals surface area (Å²) in [6.07, 6.45) is -0.526. The molecule has 0 bridgehead atoms. The number of rotatable bonds is 2. The number of aryl methyl sites for hydroxylation is 2. The van der Waals surface area contributed by atoms with Crippen LogP contribution in [0.25, 0.3) is 0 Å². The molecule has 0 aliphatic rings. The number of hydrogen-bond acceptors (Lipinski definition) is 2. The van der Waals surface area contributed by atoms with Crippen LogP contribution in [0.3, 0.4) is 0 Å². The van der Waals surface area contributed by atoms with E-state index in [-0.39, 0.29) is 0 Å². The van der Waals surface area contributed by atoms with Crippen molar-refractivity contribution in [2.24, 2.45) is 0 Å². The standard InChI is InChI=1S/C13H13BrOS/c1-8-4-3-5-10(6-8)13(15)11-7-12(14)16-9(11)2/h3-7,13,15H,1-2H3. The Hall–Kier alpha value is -0.640. The van der Waals surface area contributed by atoms with Crippen molar-refractivity contribution < 1.29 is 5.11 Å². The maximum Gasteiger partial charge on any atom is 0.105 e. The second-order valence-corrected chi connectivity index (χ2v) is 6.51. The van der Waals surface area contributed by atoms with E-state index < -0.39 is 6.10 Å². The molecule has 1 aromatic heterocycles. The molecule has 1 aromatic carbocycles. The monoisotopic (exact) mass is 296 g/mol. The highest BCUT2D eigenvalue weighted by atomic mass is 79.9. The van der Waals surface area contributed by atoms with Gasteiger partial charge in [0, 0.05) is 4.88 Å². The molecule has 1 atom stereocenters. The third kappa shape index (κ3) is 2.37. The van der Waals surface area contributed by atoms with Crippen LogP contribution >= 0.6 is 27.3 Å². The van der Waals surface area contributed by atoms with Crippen molar-refractivity contribution in [2.45, 2.75) is 20.0 Å². The molecule has 3 heteroatoms. The molecule has 0 radical (unpaired) electrons. The van der Waals surface area contributed by atoms with Gasteiger partial charge in [-0.25, -0.2) is 0 Å². The van der Waals surface area contributed by atoms with Gasteiger partial charge in [-0.15, -0.1) is 11.3 Å². The summed E-state index contributed by atoms with van der Waals surface area (Å²) in [4.78, 5) is 1.15. The normalized spacial score (nSPS) is 12.8. The number of benzene rings is 1. The number of halogens is 1. The summed E-state index contributed by atoms with van der Waals surface area (Å²) in [7, 11) is 0. The van der Waals surface area contributed by atoms with Gasteiger partial charge >= 0.3 is 0 Å². The van der Waals surface area contributed by atoms with E-state index in [9.17, 15) is 5.11 Å². The van der Waals surface area contributed by atoms with Crippen molar-refractivity contribution in [2.75, 3.05) is 0 Å². The molecule has 0 amide bonds. The van der Waals surface area contributed by atoms with Gasteiger partial charge in [0.15, 0.2) is 0 Å². The average molecular weight is 297 g/mol. The Balaban J connectivity index is 2.38. The van der Waals surface area contributed by atoms with Crippen LogP contribution in [0.5, 0.6) is 0 Å². The third-order valence-corrected chi connectivity index (χ3v) is 4.15. The van der Waals surface area contributed by atoms with Gasteiger partial charge in [-0.05, 0) is 47.0 Å². The second kappa shape index (κ2) is 4.70. The van der Waals surface area contributed by atoms with Crippen LogP contribution in [0.2, 0.25) is 0 Å². The van der Waals surface area contributed by atoms with Crippen molar-refractivity contribution >= 4 is 27.3 Å². The van der Waals surface area contributed by atoms with E-state index in [1.807, 2.05) is 44.2 Å². The molecule has 0 spiro atoms. The van der Waals surface area contributed by atoms with Crippen LogP contribution < -0.4 is 0 Å². The first kappa shape index (κ1) is 11.8. The van der Waals surface area contributed by atoms with Crippen molar-refractivity contribution in [1.82, 2.24) is 0 Å². The topological polar surface area (TPSA) is 20.2 Å². The molecule has 1 heterocycles. The Kier molecular flexibility index (Phi) is 3.47. The predicted octanol–water partition coefficient (Wildman–Crippen LogP) is 4.21. The molecule has 1 N–H and O–H groups in total. The summed E-state index contributed by atoms with van der Waals surface area (Å²) >= 11 is 5.10. The maximum atomic E-state index is 10.3. The molecule has 1 unspecified atom stereocenters. The van der Waals surface area contributed by atoms with Gasteiger partial charge in [0.2, 0.25) is 0 Å². The number of aliphatic hydroxyl groups excluding tert-OH is 1. The Bertz CT molecular complexity index is 504. The molecular formula is C13H13BrOS. The summed E-state index contributed by atoms with van der Waals surface area (Å²) in [6.45, 7) is 4.07. The minimum absolute atomic E-state index is 0.526. The summed E-state index contributed by atoms with van der Waals surface area (Å²) in [6, 6.07) is 9.99. The Morgan fingerprint density at radius 2 is 2.00 bits per heavy atom. The lowest BCUT2D eigenvalue weighted by atomic mass is 10.0. The van der Waals surface area contributed by atoms with Crippen LogP contribution in [0, 0.1) is 13.8 Å². The molecule has 0 saturated carbocycles. The van der Waals surface area contributed by atoms with Crippen molar-refractivity contribution in [3.63, 3.8) is 0 Å². The summed E-state index contributed by atoms with van der Waals surface area (Å²) in [5.74, 6) is 0. The molecular weight excluding hydrogens is 284 g/mol. The van der Waals surface area contributed by atoms with Crippen LogP contribution in [0.15, 0.2) is 34.1 Å². The van der Waals surface area contributed by atoms with Crippen molar-refractivity contribution in [3.8, 4) is 0 Å². The van der Waals surface area contributed by atoms with Crippen LogP contribution in [-0.2, 0) is 0 Å². The fourth-order valence-corrected chi connectivity index (χ4v) is 3.49. The quantitative estimate of drug-likeness (QED) is 0.880. The average Bonchev–Trinajstić information content (AvgIpc) is 2.57. The Labute approximate surface area is 108 Å². The summed E-state index contributed by atoms with van der Waals surface area (Å²) in [5, 5.41) is 10.3. The van der Waals surface area contributed by atoms with E-state index in [4.69, 9.17) is 0 Å². The number of hydrogen-bond donors (Lipinski definition) is 1. The number of aliphatic hydroxyl groups is 1. The zero-order valence-electron chi connectivity index (χ0n) is 9.20. The van der Waals surface area contributed by atoms with Crippen LogP contribution in [0.1, 0.15) is 27.7 Å². The van der Waals surface area contributed by atoms with Crippen LogP contribution in [0.4, 0.5) is 0 Å². The summed E-state index contributed by atoms with van der Waals surface area (Å²) in [5.41, 5.74) is 3.11. The lowest BCUT2D eigenvalue weighted by Gasteiger charge is -2.11. The fraction of sp³-hybridized carbons (Fsp3) is 0.231. The van der Waals surface area contributed by atoms with Crippen molar-refractivity contribution in [1.29, 1.82) is 0 Å². The molecule has 2 aromatic rings. The smallest absolute Gasteiger partial charge is 0.105 e. The second-order valence-electron chi connectivity index (χ2n) is 3.88. The minimum atomic E-state index is -0.526. The van der Waals surface area contributed by atoms with Gasteiger partial charge in [-0.3, -0.25) is 0 Å². The maximum absolute atomic E-state index is 10.3. The molecule has 0 aliphatic carbocycles.